The van der Waals surface area contributed by atoms with E-state index in [-0.39, 0.29) is 0 Å². The maximum Gasteiger partial charge on any atom is 0.0685 e. The van der Waals surface area contributed by atoms with Crippen LogP contribution in [0.1, 0.15) is 5.69 Å². The summed E-state index contributed by atoms with van der Waals surface area (Å²) in [6.45, 7) is 0. The molecule has 0 aromatic carbocycles. The zero-order valence-electron chi connectivity index (χ0n) is 4.94. The van der Waals surface area contributed by atoms with Crippen molar-refractivity contribution in [3.8, 4) is 0 Å². The van der Waals surface area contributed by atoms with Gasteiger partial charge >= 0.3 is 0 Å². The minimum atomic E-state index is 0.440. The van der Waals surface area contributed by atoms with Crippen LogP contribution in [-0.2, 0) is 5.88 Å². The molecule has 0 atom stereocenters. The minimum Gasteiger partial charge on any atom is -0.257 e. The zero-order chi connectivity index (χ0) is 7.56. The largest absolute Gasteiger partial charge is 0.257 e. The second-order valence-electron chi connectivity index (χ2n) is 1.72. The van der Waals surface area contributed by atoms with Gasteiger partial charge in [0.1, 0.15) is 0 Å². The van der Waals surface area contributed by atoms with Gasteiger partial charge in [0.05, 0.1) is 16.6 Å². The van der Waals surface area contributed by atoms with Crippen molar-refractivity contribution >= 4 is 45.8 Å². The summed E-state index contributed by atoms with van der Waals surface area (Å²) in [5.41, 5.74) is 0.881. The highest BCUT2D eigenvalue weighted by Crippen LogP contribution is 2.16. The number of alkyl halides is 1. The monoisotopic (exact) mass is 287 g/mol. The van der Waals surface area contributed by atoms with E-state index >= 15 is 0 Å². The summed E-state index contributed by atoms with van der Waals surface area (Å²) in [5, 5.41) is 0.651. The molecule has 10 heavy (non-hydrogen) atoms. The molecule has 0 saturated carbocycles. The van der Waals surface area contributed by atoms with Crippen LogP contribution >= 0.6 is 45.8 Å². The first-order chi connectivity index (χ1) is 4.74. The van der Waals surface area contributed by atoms with Gasteiger partial charge in [-0.25, -0.2) is 0 Å². The third-order valence-corrected chi connectivity index (χ3v) is 2.40. The highest BCUT2D eigenvalue weighted by atomic mass is 127. The van der Waals surface area contributed by atoms with Crippen LogP contribution in [0.3, 0.4) is 0 Å². The number of pyridine rings is 1. The van der Waals surface area contributed by atoms with Crippen molar-refractivity contribution in [1.29, 1.82) is 0 Å². The van der Waals surface area contributed by atoms with Crippen molar-refractivity contribution in [2.75, 3.05) is 0 Å². The Hall–Kier alpha value is 0.460. The lowest BCUT2D eigenvalue weighted by atomic mass is 10.4. The molecule has 0 aliphatic rings. The maximum absolute atomic E-state index is 5.66. The predicted octanol–water partition coefficient (Wildman–Crippen LogP) is 3.08. The van der Waals surface area contributed by atoms with Crippen molar-refractivity contribution in [1.82, 2.24) is 4.98 Å². The molecule has 54 valence electrons. The topological polar surface area (TPSA) is 12.9 Å². The van der Waals surface area contributed by atoms with Gasteiger partial charge in [-0.15, -0.1) is 11.6 Å². The number of hydrogen-bond acceptors (Lipinski definition) is 1. The van der Waals surface area contributed by atoms with E-state index in [2.05, 4.69) is 27.6 Å². The fourth-order valence-corrected chi connectivity index (χ4v) is 1.99. The summed E-state index contributed by atoms with van der Waals surface area (Å²) < 4.78 is 1.01. The van der Waals surface area contributed by atoms with Gasteiger partial charge in [0, 0.05) is 9.77 Å². The van der Waals surface area contributed by atoms with Gasteiger partial charge in [-0.1, -0.05) is 11.6 Å². The fourth-order valence-electron chi connectivity index (χ4n) is 0.541. The number of nitrogens with zero attached hydrogens (tertiary/aromatic N) is 1. The minimum absolute atomic E-state index is 0.440. The number of rotatable bonds is 1. The Morgan fingerprint density at radius 1 is 1.60 bits per heavy atom. The molecule has 4 heteroatoms. The normalized spacial score (nSPS) is 9.90. The third kappa shape index (κ3) is 1.97. The second-order valence-corrected chi connectivity index (χ2v) is 3.58. The standard InChI is InChI=1S/C6H4Cl2IN/c7-2-6-5(9)1-4(8)3-10-6/h1,3H,2H2. The molecule has 1 aromatic rings. The van der Waals surface area contributed by atoms with E-state index in [0.717, 1.165) is 9.26 Å². The van der Waals surface area contributed by atoms with Gasteiger partial charge in [-0.3, -0.25) is 4.98 Å². The van der Waals surface area contributed by atoms with E-state index in [1.165, 1.54) is 0 Å². The predicted molar refractivity (Wildman–Crippen MR) is 51.5 cm³/mol. The lowest BCUT2D eigenvalue weighted by Gasteiger charge is -1.97. The number of hydrogen-bond donors (Lipinski definition) is 0. The Bertz CT molecular complexity index is 239. The Balaban J connectivity index is 3.07. The van der Waals surface area contributed by atoms with Crippen LogP contribution in [0.5, 0.6) is 0 Å². The molecule has 0 spiro atoms. The molecule has 1 nitrogen and oxygen atoms in total. The van der Waals surface area contributed by atoms with E-state index in [9.17, 15) is 0 Å². The quantitative estimate of drug-likeness (QED) is 0.571. The van der Waals surface area contributed by atoms with Crippen LogP contribution in [0, 0.1) is 3.57 Å². The first kappa shape index (κ1) is 8.56. The van der Waals surface area contributed by atoms with Crippen molar-refractivity contribution in [2.45, 2.75) is 5.88 Å². The van der Waals surface area contributed by atoms with Crippen LogP contribution in [0.15, 0.2) is 12.3 Å². The Morgan fingerprint density at radius 3 is 2.80 bits per heavy atom. The van der Waals surface area contributed by atoms with Gasteiger partial charge < -0.3 is 0 Å². The molecular formula is C6H4Cl2IN. The molecule has 0 aliphatic heterocycles. The van der Waals surface area contributed by atoms with Crippen LogP contribution in [0.2, 0.25) is 5.02 Å². The van der Waals surface area contributed by atoms with Gasteiger partial charge in [0.15, 0.2) is 0 Å². The molecule has 1 aromatic heterocycles. The van der Waals surface area contributed by atoms with E-state index in [1.54, 1.807) is 6.20 Å². The van der Waals surface area contributed by atoms with Crippen molar-refractivity contribution in [3.63, 3.8) is 0 Å². The van der Waals surface area contributed by atoms with Crippen molar-refractivity contribution in [2.24, 2.45) is 0 Å². The summed E-state index contributed by atoms with van der Waals surface area (Å²) >= 11 is 13.4. The van der Waals surface area contributed by atoms with E-state index < -0.39 is 0 Å². The van der Waals surface area contributed by atoms with Crippen molar-refractivity contribution < 1.29 is 0 Å². The fraction of sp³-hybridized carbons (Fsp3) is 0.167. The Labute approximate surface area is 82.9 Å². The van der Waals surface area contributed by atoms with Crippen LogP contribution in [0.25, 0.3) is 0 Å². The molecule has 0 radical (unpaired) electrons. The Kier molecular flexibility index (Phi) is 3.20. The van der Waals surface area contributed by atoms with Crippen LogP contribution in [-0.4, -0.2) is 4.98 Å². The van der Waals surface area contributed by atoms with E-state index in [4.69, 9.17) is 23.2 Å². The van der Waals surface area contributed by atoms with Crippen molar-refractivity contribution in [3.05, 3.63) is 26.5 Å². The molecule has 0 N–H and O–H groups in total. The van der Waals surface area contributed by atoms with E-state index in [0.29, 0.717) is 10.9 Å². The van der Waals surface area contributed by atoms with Gasteiger partial charge in [0.2, 0.25) is 0 Å². The van der Waals surface area contributed by atoms with Gasteiger partial charge in [0.25, 0.3) is 0 Å². The van der Waals surface area contributed by atoms with Gasteiger partial charge in [-0.05, 0) is 28.7 Å². The summed E-state index contributed by atoms with van der Waals surface area (Å²) in [6.07, 6.45) is 1.60. The number of halogens is 3. The summed E-state index contributed by atoms with van der Waals surface area (Å²) in [7, 11) is 0. The van der Waals surface area contributed by atoms with Gasteiger partial charge in [-0.2, -0.15) is 0 Å². The van der Waals surface area contributed by atoms with Crippen LogP contribution in [0.4, 0.5) is 0 Å². The highest BCUT2D eigenvalue weighted by Gasteiger charge is 1.98. The average molecular weight is 288 g/mol. The lowest BCUT2D eigenvalue weighted by Crippen LogP contribution is -1.88. The molecule has 1 rings (SSSR count). The highest BCUT2D eigenvalue weighted by molar-refractivity contribution is 14.1. The third-order valence-electron chi connectivity index (χ3n) is 1.01. The molecule has 0 amide bonds. The first-order valence-electron chi connectivity index (χ1n) is 2.60. The smallest absolute Gasteiger partial charge is 0.0685 e. The molecule has 0 unspecified atom stereocenters. The molecule has 0 bridgehead atoms. The van der Waals surface area contributed by atoms with E-state index in [1.807, 2.05) is 6.07 Å². The summed E-state index contributed by atoms with van der Waals surface area (Å²) in [5.74, 6) is 0.440. The van der Waals surface area contributed by atoms with Crippen LogP contribution < -0.4 is 0 Å². The average Bonchev–Trinajstić information content (AvgIpc) is 1.88. The summed E-state index contributed by atoms with van der Waals surface area (Å²) in [4.78, 5) is 4.02. The lowest BCUT2D eigenvalue weighted by molar-refractivity contribution is 1.15. The molecule has 0 saturated heterocycles. The first-order valence-corrected chi connectivity index (χ1v) is 4.59. The SMILES string of the molecule is ClCc1ncc(Cl)cc1I. The molecule has 0 aliphatic carbocycles. The summed E-state index contributed by atoms with van der Waals surface area (Å²) in [6, 6.07) is 1.84. The Morgan fingerprint density at radius 2 is 2.30 bits per heavy atom. The second kappa shape index (κ2) is 3.74. The molecule has 0 fully saturated rings. The molecule has 1 heterocycles. The maximum atomic E-state index is 5.66. The number of aromatic nitrogens is 1. The molecular weight excluding hydrogens is 284 g/mol. The zero-order valence-corrected chi connectivity index (χ0v) is 8.61.